The number of hydrogen-bond acceptors (Lipinski definition) is 3. The Labute approximate surface area is 173 Å². The average Bonchev–Trinajstić information content (AvgIpc) is 2.73. The van der Waals surface area contributed by atoms with Gasteiger partial charge in [0.2, 0.25) is 5.91 Å². The molecule has 160 valence electrons. The van der Waals surface area contributed by atoms with Crippen LogP contribution in [0.4, 0.5) is 10.5 Å². The van der Waals surface area contributed by atoms with Crippen LogP contribution >= 0.6 is 0 Å². The molecule has 0 aromatic heterocycles. The molecule has 0 spiro atoms. The van der Waals surface area contributed by atoms with E-state index in [1.807, 2.05) is 13.8 Å². The molecule has 0 heterocycles. The second kappa shape index (κ2) is 12.1. The lowest BCUT2D eigenvalue weighted by molar-refractivity contribution is -0.116. The number of anilines is 1. The fourth-order valence-corrected chi connectivity index (χ4v) is 3.58. The number of carbonyl (C=O) groups is 3. The minimum Gasteiger partial charge on any atom is -0.339 e. The van der Waals surface area contributed by atoms with Crippen molar-refractivity contribution >= 4 is 23.5 Å². The number of amides is 4. The van der Waals surface area contributed by atoms with Crippen LogP contribution in [0.25, 0.3) is 0 Å². The maximum absolute atomic E-state index is 12.4. The van der Waals surface area contributed by atoms with Crippen LogP contribution in [0.3, 0.4) is 0 Å². The third kappa shape index (κ3) is 7.75. The predicted molar refractivity (Wildman–Crippen MR) is 115 cm³/mol. The highest BCUT2D eigenvalue weighted by Gasteiger charge is 2.15. The summed E-state index contributed by atoms with van der Waals surface area (Å²) in [6.07, 6.45) is 6.55. The number of nitrogens with one attached hydrogen (secondary N) is 3. The van der Waals surface area contributed by atoms with E-state index in [4.69, 9.17) is 0 Å². The van der Waals surface area contributed by atoms with E-state index >= 15 is 0 Å². The van der Waals surface area contributed by atoms with E-state index in [1.54, 1.807) is 29.2 Å². The summed E-state index contributed by atoms with van der Waals surface area (Å²) in [5, 5.41) is 8.64. The van der Waals surface area contributed by atoms with Gasteiger partial charge in [-0.2, -0.15) is 0 Å². The van der Waals surface area contributed by atoms with Crippen molar-refractivity contribution in [3.8, 4) is 0 Å². The fourth-order valence-electron chi connectivity index (χ4n) is 3.58. The minimum absolute atomic E-state index is 0.0423. The van der Waals surface area contributed by atoms with E-state index < -0.39 is 0 Å². The summed E-state index contributed by atoms with van der Waals surface area (Å²) in [4.78, 5) is 38.2. The first-order valence-electron chi connectivity index (χ1n) is 10.8. The first-order valence-corrected chi connectivity index (χ1v) is 10.8. The van der Waals surface area contributed by atoms with Gasteiger partial charge < -0.3 is 20.9 Å². The van der Waals surface area contributed by atoms with Gasteiger partial charge in [0.15, 0.2) is 0 Å². The third-order valence-electron chi connectivity index (χ3n) is 5.25. The van der Waals surface area contributed by atoms with E-state index in [1.165, 1.54) is 19.3 Å². The first-order chi connectivity index (χ1) is 14.0. The van der Waals surface area contributed by atoms with Gasteiger partial charge in [0.25, 0.3) is 5.91 Å². The van der Waals surface area contributed by atoms with Crippen LogP contribution < -0.4 is 16.0 Å². The molecular weight excluding hydrogens is 368 g/mol. The number of rotatable bonds is 9. The zero-order valence-corrected chi connectivity index (χ0v) is 17.6. The summed E-state index contributed by atoms with van der Waals surface area (Å²) in [5.74, 6) is -0.175. The lowest BCUT2D eigenvalue weighted by atomic mass is 9.96. The molecule has 0 unspecified atom stereocenters. The maximum Gasteiger partial charge on any atom is 0.315 e. The third-order valence-corrected chi connectivity index (χ3v) is 5.25. The molecule has 7 nitrogen and oxygen atoms in total. The van der Waals surface area contributed by atoms with E-state index in [-0.39, 0.29) is 23.9 Å². The molecule has 0 aliphatic heterocycles. The predicted octanol–water partition coefficient (Wildman–Crippen LogP) is 3.52. The number of nitrogens with zero attached hydrogens (tertiary/aromatic N) is 1. The second-order valence-corrected chi connectivity index (χ2v) is 7.45. The standard InChI is InChI=1S/C22H34N4O3/c1-3-26(4-2)21(28)17-10-8-13-19(16-17)24-20(27)14-9-15-23-22(29)25-18-11-6-5-7-12-18/h8,10,13,16,18H,3-7,9,11-12,14-15H2,1-2H3,(H,24,27)(H2,23,25,29). The number of carbonyl (C=O) groups excluding carboxylic acids is 3. The van der Waals surface area contributed by atoms with Gasteiger partial charge in [0.1, 0.15) is 0 Å². The van der Waals surface area contributed by atoms with Crippen molar-refractivity contribution in [2.75, 3.05) is 25.0 Å². The van der Waals surface area contributed by atoms with Gasteiger partial charge in [-0.25, -0.2) is 4.79 Å². The first kappa shape index (κ1) is 22.7. The molecule has 0 bridgehead atoms. The Kier molecular flexibility index (Phi) is 9.47. The van der Waals surface area contributed by atoms with E-state index in [0.717, 1.165) is 12.8 Å². The smallest absolute Gasteiger partial charge is 0.315 e. The van der Waals surface area contributed by atoms with E-state index in [9.17, 15) is 14.4 Å². The number of benzene rings is 1. The van der Waals surface area contributed by atoms with Crippen LogP contribution in [0, 0.1) is 0 Å². The lowest BCUT2D eigenvalue weighted by Crippen LogP contribution is -2.43. The van der Waals surface area contributed by atoms with Gasteiger partial charge >= 0.3 is 6.03 Å². The summed E-state index contributed by atoms with van der Waals surface area (Å²) in [5.41, 5.74) is 1.17. The lowest BCUT2D eigenvalue weighted by Gasteiger charge is -2.22. The second-order valence-electron chi connectivity index (χ2n) is 7.45. The van der Waals surface area contributed by atoms with Crippen LogP contribution in [0.5, 0.6) is 0 Å². The van der Waals surface area contributed by atoms with Gasteiger partial charge in [-0.3, -0.25) is 9.59 Å². The molecule has 0 atom stereocenters. The van der Waals surface area contributed by atoms with Crippen molar-refractivity contribution in [3.63, 3.8) is 0 Å². The summed E-state index contributed by atoms with van der Waals surface area (Å²) < 4.78 is 0. The van der Waals surface area contributed by atoms with E-state index in [2.05, 4.69) is 16.0 Å². The normalized spacial score (nSPS) is 14.1. The SMILES string of the molecule is CCN(CC)C(=O)c1cccc(NC(=O)CCCNC(=O)NC2CCCCC2)c1. The monoisotopic (exact) mass is 402 g/mol. The molecule has 1 saturated carbocycles. The van der Waals surface area contributed by atoms with Crippen molar-refractivity contribution in [2.45, 2.75) is 64.8 Å². The van der Waals surface area contributed by atoms with Crippen molar-refractivity contribution in [3.05, 3.63) is 29.8 Å². The minimum atomic E-state index is -0.153. The van der Waals surface area contributed by atoms with E-state index in [0.29, 0.717) is 43.7 Å². The Morgan fingerprint density at radius 1 is 1.07 bits per heavy atom. The Morgan fingerprint density at radius 3 is 2.48 bits per heavy atom. The zero-order valence-electron chi connectivity index (χ0n) is 17.6. The van der Waals surface area contributed by atoms with Gasteiger partial charge in [-0.15, -0.1) is 0 Å². The van der Waals surface area contributed by atoms with Gasteiger partial charge in [0.05, 0.1) is 0 Å². The van der Waals surface area contributed by atoms with Crippen LogP contribution in [-0.4, -0.2) is 48.4 Å². The molecule has 0 radical (unpaired) electrons. The summed E-state index contributed by atoms with van der Waals surface area (Å²) in [6.45, 7) is 5.62. The van der Waals surface area contributed by atoms with Gasteiger partial charge in [-0.1, -0.05) is 25.3 Å². The van der Waals surface area contributed by atoms with Crippen LogP contribution in [0.2, 0.25) is 0 Å². The Balaban J connectivity index is 1.70. The zero-order chi connectivity index (χ0) is 21.1. The van der Waals surface area contributed by atoms with Crippen molar-refractivity contribution in [2.24, 2.45) is 0 Å². The highest BCUT2D eigenvalue weighted by atomic mass is 16.2. The molecule has 1 aliphatic rings. The summed E-state index contributed by atoms with van der Waals surface area (Å²) in [7, 11) is 0. The quantitative estimate of drug-likeness (QED) is 0.552. The number of urea groups is 1. The highest BCUT2D eigenvalue weighted by Crippen LogP contribution is 2.17. The molecule has 2 rings (SSSR count). The summed E-state index contributed by atoms with van der Waals surface area (Å²) in [6, 6.07) is 7.12. The number of hydrogen-bond donors (Lipinski definition) is 3. The Morgan fingerprint density at radius 2 is 1.79 bits per heavy atom. The molecule has 3 N–H and O–H groups in total. The van der Waals surface area contributed by atoms with Crippen molar-refractivity contribution in [1.29, 1.82) is 0 Å². The molecule has 29 heavy (non-hydrogen) atoms. The molecule has 1 fully saturated rings. The van der Waals surface area contributed by atoms with Crippen molar-refractivity contribution < 1.29 is 14.4 Å². The highest BCUT2D eigenvalue weighted by molar-refractivity contribution is 5.97. The maximum atomic E-state index is 12.4. The van der Waals surface area contributed by atoms with Gasteiger partial charge in [-0.05, 0) is 51.3 Å². The fraction of sp³-hybridized carbons (Fsp3) is 0.591. The molecule has 1 aliphatic carbocycles. The average molecular weight is 403 g/mol. The van der Waals surface area contributed by atoms with Crippen LogP contribution in [0.15, 0.2) is 24.3 Å². The largest absolute Gasteiger partial charge is 0.339 e. The topological polar surface area (TPSA) is 90.5 Å². The molecule has 4 amide bonds. The molecule has 7 heteroatoms. The Hall–Kier alpha value is -2.57. The molecule has 1 aromatic rings. The van der Waals surface area contributed by atoms with Crippen molar-refractivity contribution in [1.82, 2.24) is 15.5 Å². The Bertz CT molecular complexity index is 682. The molecule has 0 saturated heterocycles. The van der Waals surface area contributed by atoms with Crippen LogP contribution in [-0.2, 0) is 4.79 Å². The van der Waals surface area contributed by atoms with Gasteiger partial charge in [0, 0.05) is 43.3 Å². The molecular formula is C22H34N4O3. The summed E-state index contributed by atoms with van der Waals surface area (Å²) >= 11 is 0. The molecule has 1 aromatic carbocycles. The van der Waals surface area contributed by atoms with Crippen LogP contribution in [0.1, 0.15) is 69.2 Å².